The fraction of sp³-hybridized carbons (Fsp3) is 0.500. The maximum Gasteiger partial charge on any atom is 0.326 e. The smallest absolute Gasteiger partial charge is 0.326 e. The normalized spacial score (nSPS) is 17.9. The second-order valence-corrected chi connectivity index (χ2v) is 7.96. The summed E-state index contributed by atoms with van der Waals surface area (Å²) in [5.41, 5.74) is 7.27. The van der Waals surface area contributed by atoms with Gasteiger partial charge in [0.25, 0.3) is 0 Å². The summed E-state index contributed by atoms with van der Waals surface area (Å²) in [4.78, 5) is 40.5. The Bertz CT molecular complexity index is 906. The fourth-order valence-electron chi connectivity index (χ4n) is 3.94. The molecule has 9 nitrogen and oxygen atoms in total. The number of fused-ring (bicyclic) bond motifs is 1. The zero-order valence-corrected chi connectivity index (χ0v) is 17.5. The highest BCUT2D eigenvalue weighted by molar-refractivity contribution is 5.92. The minimum Gasteiger partial charge on any atom is -0.480 e. The number of carboxylic acids is 1. The molecule has 2 heterocycles. The standard InChI is InChI=1S/C22H31N5O4/c23-10-4-3-8-18(26-20(28)17-9-5-11-24-17)21(29)27-19(22(30)31)12-14-13-25-16-7-2-1-6-15(14)16/h1-2,6-7,13,17-19,24-25H,3-5,8-12,23H2,(H,26,28)(H,27,29)(H,30,31). The number of aliphatic carboxylic acids is 1. The van der Waals surface area contributed by atoms with E-state index in [1.165, 1.54) is 0 Å². The van der Waals surface area contributed by atoms with E-state index in [1.54, 1.807) is 6.20 Å². The third-order valence-electron chi connectivity index (χ3n) is 5.67. The Balaban J connectivity index is 1.68. The van der Waals surface area contributed by atoms with E-state index in [0.29, 0.717) is 19.4 Å². The highest BCUT2D eigenvalue weighted by Gasteiger charge is 2.30. The van der Waals surface area contributed by atoms with Crippen LogP contribution in [0.15, 0.2) is 30.5 Å². The summed E-state index contributed by atoms with van der Waals surface area (Å²) < 4.78 is 0. The van der Waals surface area contributed by atoms with Gasteiger partial charge in [-0.1, -0.05) is 18.2 Å². The molecule has 1 fully saturated rings. The van der Waals surface area contributed by atoms with Gasteiger partial charge in [0.15, 0.2) is 0 Å². The van der Waals surface area contributed by atoms with E-state index in [1.807, 2.05) is 24.3 Å². The minimum atomic E-state index is -1.12. The average Bonchev–Trinajstić information content (AvgIpc) is 3.43. The van der Waals surface area contributed by atoms with Crippen molar-refractivity contribution < 1.29 is 19.5 Å². The summed E-state index contributed by atoms with van der Waals surface area (Å²) in [6.07, 6.45) is 5.32. The van der Waals surface area contributed by atoms with Crippen molar-refractivity contribution in [3.8, 4) is 0 Å². The molecule has 0 spiro atoms. The molecule has 1 saturated heterocycles. The number of hydrogen-bond donors (Lipinski definition) is 6. The van der Waals surface area contributed by atoms with Gasteiger partial charge >= 0.3 is 5.97 Å². The van der Waals surface area contributed by atoms with Gasteiger partial charge in [0, 0.05) is 23.5 Å². The molecule has 168 valence electrons. The number of unbranched alkanes of at least 4 members (excludes halogenated alkanes) is 1. The lowest BCUT2D eigenvalue weighted by Gasteiger charge is -2.23. The van der Waals surface area contributed by atoms with Crippen LogP contribution in [0.25, 0.3) is 10.9 Å². The molecule has 0 radical (unpaired) electrons. The first-order chi connectivity index (χ1) is 15.0. The Morgan fingerprint density at radius 1 is 1.16 bits per heavy atom. The number of carboxylic acid groups (broad SMARTS) is 1. The Labute approximate surface area is 181 Å². The molecular weight excluding hydrogens is 398 g/mol. The van der Waals surface area contributed by atoms with Gasteiger partial charge in [0.2, 0.25) is 11.8 Å². The van der Waals surface area contributed by atoms with Gasteiger partial charge in [0.1, 0.15) is 12.1 Å². The first-order valence-corrected chi connectivity index (χ1v) is 10.8. The van der Waals surface area contributed by atoms with E-state index in [4.69, 9.17) is 5.73 Å². The van der Waals surface area contributed by atoms with Crippen LogP contribution in [0.2, 0.25) is 0 Å². The summed E-state index contributed by atoms with van der Waals surface area (Å²) in [6.45, 7) is 1.26. The molecule has 1 aromatic heterocycles. The van der Waals surface area contributed by atoms with E-state index in [2.05, 4.69) is 20.9 Å². The molecule has 9 heteroatoms. The van der Waals surface area contributed by atoms with Gasteiger partial charge in [-0.05, 0) is 56.8 Å². The van der Waals surface area contributed by atoms with Crippen molar-refractivity contribution in [2.75, 3.05) is 13.1 Å². The second kappa shape index (κ2) is 10.9. The highest BCUT2D eigenvalue weighted by Crippen LogP contribution is 2.19. The van der Waals surface area contributed by atoms with Crippen molar-refractivity contribution in [2.45, 2.75) is 56.7 Å². The Morgan fingerprint density at radius 3 is 2.68 bits per heavy atom. The van der Waals surface area contributed by atoms with E-state index < -0.39 is 24.0 Å². The third kappa shape index (κ3) is 6.05. The molecule has 1 aromatic carbocycles. The number of hydrogen-bond acceptors (Lipinski definition) is 5. The van der Waals surface area contributed by atoms with Crippen molar-refractivity contribution >= 4 is 28.7 Å². The summed E-state index contributed by atoms with van der Waals surface area (Å²) in [5, 5.41) is 19.2. The first-order valence-electron chi connectivity index (χ1n) is 10.8. The molecule has 0 bridgehead atoms. The predicted octanol–water partition coefficient (Wildman–Crippen LogP) is 0.646. The number of para-hydroxylation sites is 1. The van der Waals surface area contributed by atoms with E-state index in [-0.39, 0.29) is 18.4 Å². The number of carbonyl (C=O) groups is 3. The predicted molar refractivity (Wildman–Crippen MR) is 117 cm³/mol. The third-order valence-corrected chi connectivity index (χ3v) is 5.67. The van der Waals surface area contributed by atoms with E-state index in [0.717, 1.165) is 42.3 Å². The van der Waals surface area contributed by atoms with E-state index in [9.17, 15) is 19.5 Å². The molecule has 2 aromatic rings. The van der Waals surface area contributed by atoms with Gasteiger partial charge < -0.3 is 31.8 Å². The summed E-state index contributed by atoms with van der Waals surface area (Å²) in [7, 11) is 0. The molecule has 0 saturated carbocycles. The van der Waals surface area contributed by atoms with Crippen LogP contribution in [0.3, 0.4) is 0 Å². The first kappa shape index (κ1) is 22.8. The van der Waals surface area contributed by atoms with Crippen molar-refractivity contribution in [2.24, 2.45) is 5.73 Å². The van der Waals surface area contributed by atoms with Crippen LogP contribution in [0, 0.1) is 0 Å². The number of amides is 2. The Morgan fingerprint density at radius 2 is 1.97 bits per heavy atom. The van der Waals surface area contributed by atoms with Crippen molar-refractivity contribution in [3.63, 3.8) is 0 Å². The molecule has 1 aliphatic rings. The summed E-state index contributed by atoms with van der Waals surface area (Å²) in [6, 6.07) is 5.38. The molecule has 0 aliphatic carbocycles. The lowest BCUT2D eigenvalue weighted by atomic mass is 10.0. The van der Waals surface area contributed by atoms with Gasteiger partial charge in [-0.15, -0.1) is 0 Å². The summed E-state index contributed by atoms with van der Waals surface area (Å²) in [5.74, 6) is -1.84. The lowest BCUT2D eigenvalue weighted by Crippen LogP contribution is -2.54. The van der Waals surface area contributed by atoms with Crippen molar-refractivity contribution in [1.82, 2.24) is 20.9 Å². The van der Waals surface area contributed by atoms with Gasteiger partial charge in [-0.3, -0.25) is 9.59 Å². The van der Waals surface area contributed by atoms with Gasteiger partial charge in [-0.2, -0.15) is 0 Å². The topological polar surface area (TPSA) is 149 Å². The zero-order chi connectivity index (χ0) is 22.2. The maximum atomic E-state index is 12.9. The quantitative estimate of drug-likeness (QED) is 0.289. The zero-order valence-electron chi connectivity index (χ0n) is 17.5. The number of nitrogens with one attached hydrogen (secondary N) is 4. The molecule has 1 aliphatic heterocycles. The van der Waals surface area contributed by atoms with Crippen LogP contribution in [0.4, 0.5) is 0 Å². The van der Waals surface area contributed by atoms with Crippen LogP contribution < -0.4 is 21.7 Å². The largest absolute Gasteiger partial charge is 0.480 e. The number of nitrogens with two attached hydrogens (primary N) is 1. The molecule has 2 amide bonds. The minimum absolute atomic E-state index is 0.138. The monoisotopic (exact) mass is 429 g/mol. The number of aromatic nitrogens is 1. The number of aromatic amines is 1. The van der Waals surface area contributed by atoms with Crippen molar-refractivity contribution in [3.05, 3.63) is 36.0 Å². The van der Waals surface area contributed by atoms with Crippen LogP contribution in [-0.2, 0) is 20.8 Å². The molecule has 3 unspecified atom stereocenters. The van der Waals surface area contributed by atoms with Crippen LogP contribution >= 0.6 is 0 Å². The Kier molecular flexibility index (Phi) is 8.02. The summed E-state index contributed by atoms with van der Waals surface area (Å²) >= 11 is 0. The van der Waals surface area contributed by atoms with Crippen LogP contribution in [-0.4, -0.2) is 59.1 Å². The molecule has 3 atom stereocenters. The average molecular weight is 430 g/mol. The number of carbonyl (C=O) groups excluding carboxylic acids is 2. The molecule has 31 heavy (non-hydrogen) atoms. The fourth-order valence-corrected chi connectivity index (χ4v) is 3.94. The maximum absolute atomic E-state index is 12.9. The van der Waals surface area contributed by atoms with E-state index >= 15 is 0 Å². The SMILES string of the molecule is NCCCCC(NC(=O)C1CCCN1)C(=O)NC(Cc1c[nH]c2ccccc12)C(=O)O. The van der Waals surface area contributed by atoms with Crippen LogP contribution in [0.1, 0.15) is 37.7 Å². The van der Waals surface area contributed by atoms with Crippen LogP contribution in [0.5, 0.6) is 0 Å². The molecule has 7 N–H and O–H groups in total. The number of H-pyrrole nitrogens is 1. The van der Waals surface area contributed by atoms with Gasteiger partial charge in [-0.25, -0.2) is 4.79 Å². The number of benzene rings is 1. The van der Waals surface area contributed by atoms with Gasteiger partial charge in [0.05, 0.1) is 6.04 Å². The highest BCUT2D eigenvalue weighted by atomic mass is 16.4. The number of rotatable bonds is 11. The van der Waals surface area contributed by atoms with Crippen molar-refractivity contribution in [1.29, 1.82) is 0 Å². The lowest BCUT2D eigenvalue weighted by molar-refractivity contribution is -0.142. The Hall–Kier alpha value is -2.91. The molecular formula is C22H31N5O4. The second-order valence-electron chi connectivity index (χ2n) is 7.96. The molecule has 3 rings (SSSR count).